The Hall–Kier alpha value is -1.07. The third kappa shape index (κ3) is 4.80. The van der Waals surface area contributed by atoms with Crippen molar-refractivity contribution < 1.29 is 8.42 Å². The van der Waals surface area contributed by atoms with Gasteiger partial charge in [0.15, 0.2) is 0 Å². The third-order valence-electron chi connectivity index (χ3n) is 1.85. The molecule has 84 valence electrons. The van der Waals surface area contributed by atoms with Gasteiger partial charge in [-0.25, -0.2) is 0 Å². The van der Waals surface area contributed by atoms with Crippen LogP contribution in [0.3, 0.4) is 0 Å². The number of unbranched alkanes of at least 4 members (excludes halogenated alkanes) is 1. The van der Waals surface area contributed by atoms with E-state index >= 15 is 0 Å². The minimum Gasteiger partial charge on any atom is -0.271 e. The maximum absolute atomic E-state index is 11.5. The van der Waals surface area contributed by atoms with Gasteiger partial charge in [0.05, 0.1) is 0 Å². The molecule has 0 saturated carbocycles. The van der Waals surface area contributed by atoms with Crippen molar-refractivity contribution in [2.45, 2.75) is 19.8 Å². The molecule has 0 aromatic heterocycles. The summed E-state index contributed by atoms with van der Waals surface area (Å²) in [6.45, 7) is 2.48. The summed E-state index contributed by atoms with van der Waals surface area (Å²) < 4.78 is 27.8. The van der Waals surface area contributed by atoms with E-state index in [2.05, 4.69) is 9.44 Å². The van der Waals surface area contributed by atoms with Gasteiger partial charge in [0.2, 0.25) is 0 Å². The quantitative estimate of drug-likeness (QED) is 0.728. The van der Waals surface area contributed by atoms with E-state index in [4.69, 9.17) is 0 Å². The van der Waals surface area contributed by atoms with Crippen LogP contribution >= 0.6 is 0 Å². The average Bonchev–Trinajstić information content (AvgIpc) is 2.18. The molecule has 1 aromatic carbocycles. The Morgan fingerprint density at radius 3 is 2.47 bits per heavy atom. The monoisotopic (exact) mass is 228 g/mol. The second-order valence-electron chi connectivity index (χ2n) is 3.22. The third-order valence-corrected chi connectivity index (χ3v) is 2.94. The van der Waals surface area contributed by atoms with Crippen LogP contribution in [-0.4, -0.2) is 15.0 Å². The number of hydrogen-bond acceptors (Lipinski definition) is 2. The van der Waals surface area contributed by atoms with Gasteiger partial charge in [-0.2, -0.15) is 13.1 Å². The minimum absolute atomic E-state index is 0.471. The lowest BCUT2D eigenvalue weighted by Gasteiger charge is -2.08. The van der Waals surface area contributed by atoms with Crippen molar-refractivity contribution in [3.8, 4) is 0 Å². The lowest BCUT2D eigenvalue weighted by Crippen LogP contribution is -2.30. The molecule has 0 amide bonds. The number of para-hydroxylation sites is 1. The van der Waals surface area contributed by atoms with Crippen LogP contribution in [-0.2, 0) is 10.2 Å². The highest BCUT2D eigenvalue weighted by Crippen LogP contribution is 2.06. The maximum Gasteiger partial charge on any atom is 0.299 e. The summed E-state index contributed by atoms with van der Waals surface area (Å²) >= 11 is 0. The molecule has 0 aliphatic rings. The molecular formula is C10H16N2O2S. The molecule has 0 unspecified atom stereocenters. The van der Waals surface area contributed by atoms with Gasteiger partial charge in [-0.05, 0) is 18.6 Å². The molecule has 0 bridgehead atoms. The molecule has 0 heterocycles. The van der Waals surface area contributed by atoms with Crippen LogP contribution in [0.15, 0.2) is 30.3 Å². The Morgan fingerprint density at radius 1 is 1.20 bits per heavy atom. The van der Waals surface area contributed by atoms with Gasteiger partial charge in [-0.1, -0.05) is 31.5 Å². The maximum atomic E-state index is 11.5. The molecule has 1 aromatic rings. The largest absolute Gasteiger partial charge is 0.299 e. The van der Waals surface area contributed by atoms with E-state index in [-0.39, 0.29) is 0 Å². The van der Waals surface area contributed by atoms with Crippen LogP contribution in [0.2, 0.25) is 0 Å². The zero-order chi connectivity index (χ0) is 11.1. The van der Waals surface area contributed by atoms with Gasteiger partial charge in [0.25, 0.3) is 10.2 Å². The molecule has 0 saturated heterocycles. The highest BCUT2D eigenvalue weighted by atomic mass is 32.2. The van der Waals surface area contributed by atoms with Crippen LogP contribution in [0.4, 0.5) is 5.69 Å². The number of anilines is 1. The van der Waals surface area contributed by atoms with Crippen molar-refractivity contribution in [1.29, 1.82) is 0 Å². The van der Waals surface area contributed by atoms with Crippen molar-refractivity contribution in [2.75, 3.05) is 11.3 Å². The topological polar surface area (TPSA) is 58.2 Å². The van der Waals surface area contributed by atoms with Gasteiger partial charge in [0, 0.05) is 12.2 Å². The van der Waals surface area contributed by atoms with Crippen molar-refractivity contribution in [3.05, 3.63) is 30.3 Å². The van der Waals surface area contributed by atoms with Crippen molar-refractivity contribution in [1.82, 2.24) is 4.72 Å². The summed E-state index contributed by atoms with van der Waals surface area (Å²) in [6.07, 6.45) is 1.81. The fourth-order valence-corrected chi connectivity index (χ4v) is 2.01. The smallest absolute Gasteiger partial charge is 0.271 e. The molecular weight excluding hydrogens is 212 g/mol. The molecule has 0 radical (unpaired) electrons. The molecule has 1 rings (SSSR count). The van der Waals surface area contributed by atoms with E-state index < -0.39 is 10.2 Å². The zero-order valence-corrected chi connectivity index (χ0v) is 9.55. The van der Waals surface area contributed by atoms with E-state index in [0.29, 0.717) is 12.2 Å². The fraction of sp³-hybridized carbons (Fsp3) is 0.400. The standard InChI is InChI=1S/C10H16N2O2S/c1-2-3-9-11-15(13,14)12-10-7-5-4-6-8-10/h4-8,11-12H,2-3,9H2,1H3. The van der Waals surface area contributed by atoms with Crippen LogP contribution in [0, 0.1) is 0 Å². The Bertz CT molecular complexity index is 376. The number of nitrogens with one attached hydrogen (secondary N) is 2. The van der Waals surface area contributed by atoms with Gasteiger partial charge < -0.3 is 0 Å². The summed E-state index contributed by atoms with van der Waals surface area (Å²) in [6, 6.07) is 8.81. The highest BCUT2D eigenvalue weighted by molar-refractivity contribution is 7.90. The Morgan fingerprint density at radius 2 is 1.87 bits per heavy atom. The van der Waals surface area contributed by atoms with E-state index in [9.17, 15) is 8.42 Å². The van der Waals surface area contributed by atoms with Gasteiger partial charge in [0.1, 0.15) is 0 Å². The fourth-order valence-electron chi connectivity index (χ4n) is 1.08. The average molecular weight is 228 g/mol. The molecule has 0 atom stereocenters. The molecule has 0 fully saturated rings. The highest BCUT2D eigenvalue weighted by Gasteiger charge is 2.07. The summed E-state index contributed by atoms with van der Waals surface area (Å²) in [5.74, 6) is 0. The predicted octanol–water partition coefficient (Wildman–Crippen LogP) is 1.73. The van der Waals surface area contributed by atoms with Gasteiger partial charge >= 0.3 is 0 Å². The molecule has 0 aliphatic heterocycles. The molecule has 15 heavy (non-hydrogen) atoms. The molecule has 0 aliphatic carbocycles. The van der Waals surface area contributed by atoms with Crippen LogP contribution in [0.5, 0.6) is 0 Å². The second-order valence-corrected chi connectivity index (χ2v) is 4.72. The second kappa shape index (κ2) is 5.72. The summed E-state index contributed by atoms with van der Waals surface area (Å²) in [7, 11) is -3.41. The SMILES string of the molecule is CCCCNS(=O)(=O)Nc1ccccc1. The van der Waals surface area contributed by atoms with E-state index in [1.807, 2.05) is 13.0 Å². The van der Waals surface area contributed by atoms with E-state index in [1.54, 1.807) is 24.3 Å². The molecule has 0 spiro atoms. The molecule has 4 nitrogen and oxygen atoms in total. The summed E-state index contributed by atoms with van der Waals surface area (Å²) in [5.41, 5.74) is 0.571. The minimum atomic E-state index is -3.41. The summed E-state index contributed by atoms with van der Waals surface area (Å²) in [4.78, 5) is 0. The number of hydrogen-bond donors (Lipinski definition) is 2. The number of rotatable bonds is 6. The van der Waals surface area contributed by atoms with E-state index in [1.165, 1.54) is 0 Å². The first kappa shape index (κ1) is 12.0. The van der Waals surface area contributed by atoms with Crippen LogP contribution < -0.4 is 9.44 Å². The first-order valence-electron chi connectivity index (χ1n) is 4.96. The number of benzene rings is 1. The van der Waals surface area contributed by atoms with E-state index in [0.717, 1.165) is 12.8 Å². The predicted molar refractivity (Wildman–Crippen MR) is 61.9 cm³/mol. The lowest BCUT2D eigenvalue weighted by molar-refractivity contribution is 0.584. The molecule has 5 heteroatoms. The Labute approximate surface area is 90.9 Å². The Kier molecular flexibility index (Phi) is 4.58. The lowest BCUT2D eigenvalue weighted by atomic mass is 10.3. The zero-order valence-electron chi connectivity index (χ0n) is 8.73. The first-order chi connectivity index (χ1) is 7.14. The molecule has 2 N–H and O–H groups in total. The van der Waals surface area contributed by atoms with Crippen molar-refractivity contribution >= 4 is 15.9 Å². The van der Waals surface area contributed by atoms with Gasteiger partial charge in [-0.3, -0.25) is 4.72 Å². The van der Waals surface area contributed by atoms with Crippen molar-refractivity contribution in [2.24, 2.45) is 0 Å². The normalized spacial score (nSPS) is 11.3. The summed E-state index contributed by atoms with van der Waals surface area (Å²) in [5, 5.41) is 0. The van der Waals surface area contributed by atoms with Gasteiger partial charge in [-0.15, -0.1) is 0 Å². The van der Waals surface area contributed by atoms with Crippen molar-refractivity contribution in [3.63, 3.8) is 0 Å². The van der Waals surface area contributed by atoms with Crippen LogP contribution in [0.25, 0.3) is 0 Å². The Balaban J connectivity index is 2.50. The van der Waals surface area contributed by atoms with Crippen LogP contribution in [0.1, 0.15) is 19.8 Å². The first-order valence-corrected chi connectivity index (χ1v) is 6.45.